The third-order valence-corrected chi connectivity index (χ3v) is 6.29. The third-order valence-electron chi connectivity index (χ3n) is 6.29. The summed E-state index contributed by atoms with van der Waals surface area (Å²) in [5, 5.41) is 13.9. The summed E-state index contributed by atoms with van der Waals surface area (Å²) in [5.74, 6) is -3.25. The molecule has 0 aliphatic heterocycles. The molecule has 3 N–H and O–H groups in total. The van der Waals surface area contributed by atoms with Crippen LogP contribution in [0.25, 0.3) is 11.1 Å². The van der Waals surface area contributed by atoms with E-state index in [4.69, 9.17) is 4.74 Å². The fourth-order valence-electron chi connectivity index (χ4n) is 4.67. The van der Waals surface area contributed by atoms with Gasteiger partial charge in [0.05, 0.1) is 12.3 Å². The van der Waals surface area contributed by atoms with E-state index in [0.29, 0.717) is 0 Å². The van der Waals surface area contributed by atoms with E-state index < -0.39 is 48.8 Å². The number of carbonyl (C=O) groups excluding carboxylic acids is 2. The lowest BCUT2D eigenvalue weighted by atomic mass is 9.89. The molecule has 2 aromatic rings. The minimum absolute atomic E-state index is 0.0479. The van der Waals surface area contributed by atoms with Crippen LogP contribution in [0.3, 0.4) is 0 Å². The molecule has 0 spiro atoms. The number of carboxylic acids is 1. The van der Waals surface area contributed by atoms with Crippen molar-refractivity contribution >= 4 is 18.0 Å². The van der Waals surface area contributed by atoms with Crippen LogP contribution in [0.5, 0.6) is 0 Å². The number of carbonyl (C=O) groups is 3. The van der Waals surface area contributed by atoms with Crippen molar-refractivity contribution in [2.45, 2.75) is 51.6 Å². The van der Waals surface area contributed by atoms with Crippen LogP contribution >= 0.6 is 0 Å². The van der Waals surface area contributed by atoms with E-state index in [2.05, 4.69) is 10.6 Å². The number of carboxylic acid groups (broad SMARTS) is 1. The van der Waals surface area contributed by atoms with Crippen LogP contribution in [0.2, 0.25) is 0 Å². The molecule has 0 saturated carbocycles. The molecular weight excluding hydrogens is 458 g/mol. The molecular formula is C26H30F2N2O5. The Morgan fingerprint density at radius 3 is 1.97 bits per heavy atom. The van der Waals surface area contributed by atoms with Gasteiger partial charge in [0.15, 0.2) is 0 Å². The zero-order valence-corrected chi connectivity index (χ0v) is 19.8. The first-order valence-corrected chi connectivity index (χ1v) is 11.5. The minimum Gasteiger partial charge on any atom is -0.481 e. The molecule has 9 heteroatoms. The number of alkyl halides is 2. The van der Waals surface area contributed by atoms with Crippen molar-refractivity contribution in [3.63, 3.8) is 0 Å². The summed E-state index contributed by atoms with van der Waals surface area (Å²) in [6.07, 6.45) is -4.78. The first-order valence-electron chi connectivity index (χ1n) is 11.5. The lowest BCUT2D eigenvalue weighted by molar-refractivity contribution is -0.144. The summed E-state index contributed by atoms with van der Waals surface area (Å²) in [5.41, 5.74) is 4.04. The molecule has 1 aliphatic rings. The van der Waals surface area contributed by atoms with Gasteiger partial charge in [-0.1, -0.05) is 62.4 Å². The molecule has 3 atom stereocenters. The molecule has 7 nitrogen and oxygen atoms in total. The van der Waals surface area contributed by atoms with E-state index in [-0.39, 0.29) is 18.4 Å². The lowest BCUT2D eigenvalue weighted by Crippen LogP contribution is -2.48. The quantitative estimate of drug-likeness (QED) is 0.460. The van der Waals surface area contributed by atoms with Gasteiger partial charge in [-0.25, -0.2) is 13.6 Å². The molecule has 0 bridgehead atoms. The van der Waals surface area contributed by atoms with E-state index in [0.717, 1.165) is 22.3 Å². The van der Waals surface area contributed by atoms with Gasteiger partial charge in [-0.2, -0.15) is 0 Å². The Hall–Kier alpha value is -3.49. The average molecular weight is 489 g/mol. The Morgan fingerprint density at radius 2 is 1.49 bits per heavy atom. The predicted molar refractivity (Wildman–Crippen MR) is 126 cm³/mol. The highest BCUT2D eigenvalue weighted by Gasteiger charge is 2.32. The van der Waals surface area contributed by atoms with Crippen LogP contribution in [0.4, 0.5) is 13.6 Å². The Balaban J connectivity index is 1.59. The summed E-state index contributed by atoms with van der Waals surface area (Å²) < 4.78 is 32.4. The second-order valence-electron chi connectivity index (χ2n) is 9.08. The Morgan fingerprint density at radius 1 is 0.943 bits per heavy atom. The number of benzene rings is 2. The highest BCUT2D eigenvalue weighted by molar-refractivity contribution is 5.80. The fraction of sp³-hybridized carbons (Fsp3) is 0.423. The second-order valence-corrected chi connectivity index (χ2v) is 9.08. The van der Waals surface area contributed by atoms with Crippen molar-refractivity contribution in [3.8, 4) is 11.1 Å². The van der Waals surface area contributed by atoms with Crippen molar-refractivity contribution in [1.82, 2.24) is 10.6 Å². The number of halogens is 2. The van der Waals surface area contributed by atoms with Gasteiger partial charge in [0.25, 0.3) is 6.43 Å². The maximum Gasteiger partial charge on any atom is 0.407 e. The maximum atomic E-state index is 13.6. The zero-order valence-electron chi connectivity index (χ0n) is 19.8. The summed E-state index contributed by atoms with van der Waals surface area (Å²) in [6.45, 7) is 4.85. The molecule has 35 heavy (non-hydrogen) atoms. The number of amides is 2. The van der Waals surface area contributed by atoms with Gasteiger partial charge >= 0.3 is 12.1 Å². The number of nitrogens with one attached hydrogen (secondary N) is 2. The summed E-state index contributed by atoms with van der Waals surface area (Å²) >= 11 is 0. The zero-order chi connectivity index (χ0) is 25.7. The summed E-state index contributed by atoms with van der Waals surface area (Å²) in [7, 11) is 0. The number of fused-ring (bicyclic) bond motifs is 3. The SMILES string of the molecule is CC(C)C(C(=O)O)C(C)NC(=O)CC(NC(=O)OCC1c2ccccc2-c2ccccc21)C(F)F. The Labute approximate surface area is 202 Å². The van der Waals surface area contributed by atoms with Gasteiger partial charge in [-0.3, -0.25) is 9.59 Å². The van der Waals surface area contributed by atoms with Crippen molar-refractivity contribution in [3.05, 3.63) is 59.7 Å². The third kappa shape index (κ3) is 6.15. The van der Waals surface area contributed by atoms with E-state index in [1.54, 1.807) is 13.8 Å². The first-order chi connectivity index (χ1) is 16.6. The topological polar surface area (TPSA) is 105 Å². The molecule has 2 amide bonds. The van der Waals surface area contributed by atoms with Crippen LogP contribution in [0.15, 0.2) is 48.5 Å². The Kier molecular flexibility index (Phi) is 8.43. The number of hydrogen-bond acceptors (Lipinski definition) is 4. The molecule has 188 valence electrons. The minimum atomic E-state index is -3.02. The predicted octanol–water partition coefficient (Wildman–Crippen LogP) is 4.41. The smallest absolute Gasteiger partial charge is 0.407 e. The molecule has 0 saturated heterocycles. The Bertz CT molecular complexity index is 1030. The van der Waals surface area contributed by atoms with Gasteiger partial charge in [-0.05, 0) is 35.1 Å². The lowest BCUT2D eigenvalue weighted by Gasteiger charge is -2.25. The first kappa shape index (κ1) is 26.1. The van der Waals surface area contributed by atoms with Gasteiger partial charge in [0.2, 0.25) is 5.91 Å². The van der Waals surface area contributed by atoms with Crippen molar-refractivity contribution in [1.29, 1.82) is 0 Å². The van der Waals surface area contributed by atoms with Crippen LogP contribution in [0.1, 0.15) is 44.2 Å². The average Bonchev–Trinajstić information content (AvgIpc) is 3.10. The molecule has 3 rings (SSSR count). The highest BCUT2D eigenvalue weighted by atomic mass is 19.3. The van der Waals surface area contributed by atoms with Gasteiger partial charge in [0, 0.05) is 12.0 Å². The molecule has 1 aliphatic carbocycles. The number of rotatable bonds is 10. The number of ether oxygens (including phenoxy) is 1. The summed E-state index contributed by atoms with van der Waals surface area (Å²) in [6, 6.07) is 12.9. The number of aliphatic carboxylic acids is 1. The van der Waals surface area contributed by atoms with Crippen LogP contribution in [-0.4, -0.2) is 48.2 Å². The molecule has 0 heterocycles. The highest BCUT2D eigenvalue weighted by Crippen LogP contribution is 2.44. The van der Waals surface area contributed by atoms with Crippen LogP contribution in [0, 0.1) is 11.8 Å². The normalized spacial score (nSPS) is 15.2. The van der Waals surface area contributed by atoms with E-state index in [1.807, 2.05) is 48.5 Å². The summed E-state index contributed by atoms with van der Waals surface area (Å²) in [4.78, 5) is 36.1. The molecule has 3 unspecified atom stereocenters. The van der Waals surface area contributed by atoms with E-state index in [9.17, 15) is 28.3 Å². The number of alkyl carbamates (subject to hydrolysis) is 1. The molecule has 2 aromatic carbocycles. The van der Waals surface area contributed by atoms with Crippen LogP contribution < -0.4 is 10.6 Å². The maximum absolute atomic E-state index is 13.6. The fourth-order valence-corrected chi connectivity index (χ4v) is 4.67. The van der Waals surface area contributed by atoms with Crippen molar-refractivity contribution < 1.29 is 33.0 Å². The number of hydrogen-bond donors (Lipinski definition) is 3. The van der Waals surface area contributed by atoms with E-state index in [1.165, 1.54) is 6.92 Å². The van der Waals surface area contributed by atoms with Crippen LogP contribution in [-0.2, 0) is 14.3 Å². The monoisotopic (exact) mass is 488 g/mol. The van der Waals surface area contributed by atoms with Crippen molar-refractivity contribution in [2.75, 3.05) is 6.61 Å². The molecule has 0 radical (unpaired) electrons. The van der Waals surface area contributed by atoms with Gasteiger partial charge in [-0.15, -0.1) is 0 Å². The molecule has 0 aromatic heterocycles. The van der Waals surface area contributed by atoms with E-state index >= 15 is 0 Å². The van der Waals surface area contributed by atoms with Crippen molar-refractivity contribution in [2.24, 2.45) is 11.8 Å². The largest absolute Gasteiger partial charge is 0.481 e. The standard InChI is InChI=1S/C26H30F2N2O5/c1-14(2)23(25(32)33)15(3)29-22(31)12-21(24(27)28)30-26(34)35-13-20-18-10-6-4-8-16(18)17-9-5-7-11-19(17)20/h4-11,14-15,20-21,23-24H,12-13H2,1-3H3,(H,29,31)(H,30,34)(H,32,33). The second kappa shape index (κ2) is 11.3. The molecule has 0 fully saturated rings. The van der Waals surface area contributed by atoms with Gasteiger partial charge in [0.1, 0.15) is 12.6 Å². The van der Waals surface area contributed by atoms with Gasteiger partial charge < -0.3 is 20.5 Å².